The molecule has 0 bridgehead atoms. The summed E-state index contributed by atoms with van der Waals surface area (Å²) in [5, 5.41) is 20.3. The number of nitrogens with zero attached hydrogens (tertiary/aromatic N) is 5. The fraction of sp³-hybridized carbons (Fsp3) is 0. The highest BCUT2D eigenvalue weighted by atomic mass is 15.2. The van der Waals surface area contributed by atoms with Gasteiger partial charge >= 0.3 is 0 Å². The number of aromatic nitrogens is 4. The van der Waals surface area contributed by atoms with Crippen molar-refractivity contribution in [2.24, 2.45) is 0 Å². The Bertz CT molecular complexity index is 3310. The third kappa shape index (κ3) is 3.98. The Morgan fingerprint density at radius 3 is 2.00 bits per heavy atom. The second-order valence-corrected chi connectivity index (χ2v) is 13.3. The van der Waals surface area contributed by atoms with E-state index in [0.29, 0.717) is 11.6 Å². The second kappa shape index (κ2) is 10.9. The quantitative estimate of drug-likeness (QED) is 0.189. The maximum Gasteiger partial charge on any atom is 0.236 e. The van der Waals surface area contributed by atoms with Crippen molar-refractivity contribution in [3.8, 4) is 28.8 Å². The van der Waals surface area contributed by atoms with Crippen LogP contribution in [0.5, 0.6) is 0 Å². The maximum absolute atomic E-state index is 10.2. The van der Waals surface area contributed by atoms with E-state index in [1.54, 1.807) is 0 Å². The zero-order chi connectivity index (χ0) is 34.3. The molecule has 52 heavy (non-hydrogen) atoms. The van der Waals surface area contributed by atoms with Crippen LogP contribution in [0.1, 0.15) is 5.69 Å². The first-order valence-corrected chi connectivity index (χ1v) is 17.4. The zero-order valence-corrected chi connectivity index (χ0v) is 27.8. The molecule has 240 valence electrons. The first-order chi connectivity index (χ1) is 25.8. The fourth-order valence-corrected chi connectivity index (χ4v) is 8.33. The van der Waals surface area contributed by atoms with Crippen molar-refractivity contribution in [2.45, 2.75) is 0 Å². The Labute approximate surface area is 297 Å². The summed E-state index contributed by atoms with van der Waals surface area (Å²) in [6.07, 6.45) is 0. The molecular formula is C47H27N5. The van der Waals surface area contributed by atoms with Gasteiger partial charge in [-0.05, 0) is 75.8 Å². The molecule has 0 aliphatic heterocycles. The van der Waals surface area contributed by atoms with Gasteiger partial charge in [0, 0.05) is 38.0 Å². The molecule has 0 saturated heterocycles. The normalized spacial score (nSPS) is 11.8. The van der Waals surface area contributed by atoms with Gasteiger partial charge < -0.3 is 4.57 Å². The van der Waals surface area contributed by atoms with E-state index in [1.807, 2.05) is 30.3 Å². The molecule has 0 radical (unpaired) electrons. The van der Waals surface area contributed by atoms with Crippen LogP contribution < -0.4 is 0 Å². The van der Waals surface area contributed by atoms with Gasteiger partial charge in [-0.3, -0.25) is 4.57 Å². The van der Waals surface area contributed by atoms with Gasteiger partial charge in [0.05, 0.1) is 27.6 Å². The number of rotatable bonds is 3. The van der Waals surface area contributed by atoms with Crippen molar-refractivity contribution in [2.75, 3.05) is 0 Å². The van der Waals surface area contributed by atoms with Gasteiger partial charge in [0.15, 0.2) is 5.69 Å². The van der Waals surface area contributed by atoms with Crippen molar-refractivity contribution in [3.05, 3.63) is 169 Å². The van der Waals surface area contributed by atoms with E-state index in [9.17, 15) is 5.26 Å². The van der Waals surface area contributed by atoms with E-state index in [1.165, 1.54) is 32.4 Å². The molecule has 0 atom stereocenters. The van der Waals surface area contributed by atoms with Crippen LogP contribution in [0.4, 0.5) is 0 Å². The number of para-hydroxylation sites is 3. The van der Waals surface area contributed by atoms with Crippen molar-refractivity contribution >= 4 is 76.1 Å². The predicted octanol–water partition coefficient (Wildman–Crippen LogP) is 11.7. The van der Waals surface area contributed by atoms with E-state index in [-0.39, 0.29) is 0 Å². The SMILES string of the molecule is N#Cc1nc(-n2c3ccccc3c3c4ccccc4c(-c4ccc5c(c4)c4ccc6ccccc6c4n5-c4ccccc4)cc32)nc2ccccc12. The smallest absolute Gasteiger partial charge is 0.236 e. The van der Waals surface area contributed by atoms with Gasteiger partial charge in [-0.2, -0.15) is 5.26 Å². The predicted molar refractivity (Wildman–Crippen MR) is 213 cm³/mol. The third-order valence-corrected chi connectivity index (χ3v) is 10.6. The van der Waals surface area contributed by atoms with Gasteiger partial charge in [-0.25, -0.2) is 9.97 Å². The summed E-state index contributed by atoms with van der Waals surface area (Å²) in [5.41, 5.74) is 8.84. The number of hydrogen-bond donors (Lipinski definition) is 0. The molecule has 0 amide bonds. The topological polar surface area (TPSA) is 59.4 Å². The highest BCUT2D eigenvalue weighted by Gasteiger charge is 2.21. The van der Waals surface area contributed by atoms with Crippen LogP contribution in [-0.4, -0.2) is 19.1 Å². The van der Waals surface area contributed by atoms with E-state index in [2.05, 4.69) is 149 Å². The lowest BCUT2D eigenvalue weighted by atomic mass is 9.94. The Kier molecular flexibility index (Phi) is 5.96. The van der Waals surface area contributed by atoms with Crippen molar-refractivity contribution < 1.29 is 0 Å². The Hall–Kier alpha value is -7.29. The van der Waals surface area contributed by atoms with Crippen molar-refractivity contribution in [1.82, 2.24) is 19.1 Å². The summed E-state index contributed by atoms with van der Waals surface area (Å²) < 4.78 is 4.53. The summed E-state index contributed by atoms with van der Waals surface area (Å²) >= 11 is 0. The van der Waals surface area contributed by atoms with Crippen LogP contribution in [0.15, 0.2) is 164 Å². The summed E-state index contributed by atoms with van der Waals surface area (Å²) in [6.45, 7) is 0. The van der Waals surface area contributed by atoms with Gasteiger partial charge in [0.25, 0.3) is 0 Å². The first kappa shape index (κ1) is 28.5. The summed E-state index contributed by atoms with van der Waals surface area (Å²) in [5.74, 6) is 0.482. The van der Waals surface area contributed by atoms with Crippen molar-refractivity contribution in [1.29, 1.82) is 5.26 Å². The molecule has 11 rings (SSSR count). The minimum Gasteiger partial charge on any atom is -0.309 e. The van der Waals surface area contributed by atoms with Gasteiger partial charge in [-0.15, -0.1) is 0 Å². The van der Waals surface area contributed by atoms with Crippen LogP contribution in [0.3, 0.4) is 0 Å². The highest BCUT2D eigenvalue weighted by molar-refractivity contribution is 6.25. The molecule has 0 spiro atoms. The highest BCUT2D eigenvalue weighted by Crippen LogP contribution is 2.43. The maximum atomic E-state index is 10.2. The molecule has 5 nitrogen and oxygen atoms in total. The molecule has 0 aliphatic carbocycles. The van der Waals surface area contributed by atoms with Crippen molar-refractivity contribution in [3.63, 3.8) is 0 Å². The standard InChI is InChI=1S/C47H27N5/c48-28-41-36-18-8-10-20-40(36)49-47(50-41)52-42-21-11-9-19-37(42)45-34-17-7-6-16-33(34)38(27-44(45)52)30-23-25-43-39(26-30)35-24-22-29-12-4-5-15-32(29)46(35)51(43)31-13-2-1-3-14-31/h1-27H. The summed E-state index contributed by atoms with van der Waals surface area (Å²) in [4.78, 5) is 9.90. The number of hydrogen-bond acceptors (Lipinski definition) is 3. The van der Waals surface area contributed by atoms with E-state index in [4.69, 9.17) is 9.97 Å². The Morgan fingerprint density at radius 2 is 1.15 bits per heavy atom. The fourth-order valence-electron chi connectivity index (χ4n) is 8.33. The average Bonchev–Trinajstić information content (AvgIpc) is 3.73. The second-order valence-electron chi connectivity index (χ2n) is 13.3. The third-order valence-electron chi connectivity index (χ3n) is 10.6. The average molecular weight is 662 g/mol. The van der Waals surface area contributed by atoms with Gasteiger partial charge in [0.1, 0.15) is 6.07 Å². The monoisotopic (exact) mass is 661 g/mol. The van der Waals surface area contributed by atoms with E-state index >= 15 is 0 Å². The molecule has 0 N–H and O–H groups in total. The van der Waals surface area contributed by atoms with Crippen LogP contribution in [0.2, 0.25) is 0 Å². The molecule has 11 aromatic rings. The molecule has 0 unspecified atom stereocenters. The summed E-state index contributed by atoms with van der Waals surface area (Å²) in [6, 6.07) is 60.1. The minimum absolute atomic E-state index is 0.361. The molecule has 5 heteroatoms. The van der Waals surface area contributed by atoms with Crippen LogP contribution in [-0.2, 0) is 0 Å². The largest absolute Gasteiger partial charge is 0.309 e. The lowest BCUT2D eigenvalue weighted by Crippen LogP contribution is -2.03. The number of fused-ring (bicyclic) bond motifs is 11. The minimum atomic E-state index is 0.361. The van der Waals surface area contributed by atoms with Crippen LogP contribution >= 0.6 is 0 Å². The van der Waals surface area contributed by atoms with E-state index < -0.39 is 0 Å². The van der Waals surface area contributed by atoms with Crippen LogP contribution in [0.25, 0.3) is 98.8 Å². The number of nitriles is 1. The first-order valence-electron chi connectivity index (χ1n) is 17.4. The van der Waals surface area contributed by atoms with Gasteiger partial charge in [0.2, 0.25) is 5.95 Å². The Morgan fingerprint density at radius 1 is 0.462 bits per heavy atom. The molecule has 3 aromatic heterocycles. The molecular weight excluding hydrogens is 635 g/mol. The molecule has 8 aromatic carbocycles. The lowest BCUT2D eigenvalue weighted by molar-refractivity contribution is 1.00. The van der Waals surface area contributed by atoms with E-state index in [0.717, 1.165) is 60.4 Å². The summed E-state index contributed by atoms with van der Waals surface area (Å²) in [7, 11) is 0. The molecule has 0 aliphatic rings. The number of benzene rings is 8. The lowest BCUT2D eigenvalue weighted by Gasteiger charge is -2.13. The van der Waals surface area contributed by atoms with Crippen LogP contribution in [0, 0.1) is 11.3 Å². The molecule has 0 fully saturated rings. The van der Waals surface area contributed by atoms with Gasteiger partial charge in [-0.1, -0.05) is 115 Å². The molecule has 0 saturated carbocycles. The zero-order valence-electron chi connectivity index (χ0n) is 27.8. The Balaban J connectivity index is 1.25. The molecule has 3 heterocycles.